The maximum atomic E-state index is 11.6. The molecule has 7 nitrogen and oxygen atoms in total. The average molecular weight is 337 g/mol. The van der Waals surface area contributed by atoms with Crippen LogP contribution in [0.5, 0.6) is 0 Å². The first-order valence-electron chi connectivity index (χ1n) is 7.88. The summed E-state index contributed by atoms with van der Waals surface area (Å²) in [6.07, 6.45) is 3.40. The highest BCUT2D eigenvalue weighted by Crippen LogP contribution is 2.15. The first kappa shape index (κ1) is 16.8. The Balaban J connectivity index is 1.60. The van der Waals surface area contributed by atoms with Gasteiger partial charge in [-0.3, -0.25) is 14.7 Å². The Morgan fingerprint density at radius 1 is 1.20 bits per heavy atom. The van der Waals surface area contributed by atoms with Gasteiger partial charge in [0, 0.05) is 37.1 Å². The molecule has 1 aromatic carbocycles. The number of rotatable bonds is 6. The molecular formula is C18H19N5O2. The summed E-state index contributed by atoms with van der Waals surface area (Å²) in [5, 5.41) is 6.60. The van der Waals surface area contributed by atoms with Crippen molar-refractivity contribution in [2.75, 3.05) is 14.1 Å². The third-order valence-corrected chi connectivity index (χ3v) is 3.69. The Hall–Kier alpha value is -3.06. The number of hydrogen-bond acceptors (Lipinski definition) is 6. The minimum atomic E-state index is -0.0892. The molecule has 0 radical (unpaired) electrons. The van der Waals surface area contributed by atoms with Gasteiger partial charge in [-0.1, -0.05) is 17.3 Å². The SMILES string of the molecule is CNC(=O)c1ccc(CN(C)Cc2nc(-c3cccnc3)no2)cc1. The maximum Gasteiger partial charge on any atom is 0.251 e. The molecule has 0 saturated heterocycles. The van der Waals surface area contributed by atoms with Gasteiger partial charge in [0.1, 0.15) is 0 Å². The van der Waals surface area contributed by atoms with Crippen molar-refractivity contribution < 1.29 is 9.32 Å². The molecule has 2 aromatic heterocycles. The van der Waals surface area contributed by atoms with E-state index in [2.05, 4.69) is 25.3 Å². The van der Waals surface area contributed by atoms with Gasteiger partial charge in [0.2, 0.25) is 11.7 Å². The van der Waals surface area contributed by atoms with Crippen LogP contribution in [0.2, 0.25) is 0 Å². The molecule has 128 valence electrons. The van der Waals surface area contributed by atoms with E-state index in [1.165, 1.54) is 0 Å². The van der Waals surface area contributed by atoms with Gasteiger partial charge >= 0.3 is 0 Å². The first-order chi connectivity index (χ1) is 12.2. The lowest BCUT2D eigenvalue weighted by Gasteiger charge is -2.14. The Labute approximate surface area is 145 Å². The van der Waals surface area contributed by atoms with Crippen LogP contribution in [0.4, 0.5) is 0 Å². The fraction of sp³-hybridized carbons (Fsp3) is 0.222. The number of pyridine rings is 1. The highest BCUT2D eigenvalue weighted by Gasteiger charge is 2.11. The molecule has 0 aliphatic heterocycles. The number of aromatic nitrogens is 3. The van der Waals surface area contributed by atoms with E-state index >= 15 is 0 Å². The molecule has 7 heteroatoms. The third kappa shape index (κ3) is 4.27. The number of amides is 1. The number of nitrogens with zero attached hydrogens (tertiary/aromatic N) is 4. The Morgan fingerprint density at radius 2 is 2.00 bits per heavy atom. The van der Waals surface area contributed by atoms with Crippen molar-refractivity contribution in [3.05, 3.63) is 65.8 Å². The highest BCUT2D eigenvalue weighted by atomic mass is 16.5. The molecule has 3 aromatic rings. The molecule has 2 heterocycles. The van der Waals surface area contributed by atoms with E-state index in [4.69, 9.17) is 4.52 Å². The Kier molecular flexibility index (Phi) is 5.15. The number of carbonyl (C=O) groups is 1. The molecule has 0 unspecified atom stereocenters. The van der Waals surface area contributed by atoms with E-state index in [-0.39, 0.29) is 5.91 Å². The predicted octanol–water partition coefficient (Wildman–Crippen LogP) is 2.12. The van der Waals surface area contributed by atoms with Crippen LogP contribution >= 0.6 is 0 Å². The smallest absolute Gasteiger partial charge is 0.251 e. The summed E-state index contributed by atoms with van der Waals surface area (Å²) in [5.74, 6) is 0.989. The van der Waals surface area contributed by atoms with E-state index in [1.54, 1.807) is 19.4 Å². The Bertz CT molecular complexity index is 830. The second-order valence-corrected chi connectivity index (χ2v) is 5.70. The van der Waals surface area contributed by atoms with Crippen molar-refractivity contribution in [2.45, 2.75) is 13.1 Å². The summed E-state index contributed by atoms with van der Waals surface area (Å²) in [6.45, 7) is 1.24. The van der Waals surface area contributed by atoms with Gasteiger partial charge in [-0.25, -0.2) is 0 Å². The van der Waals surface area contributed by atoms with Crippen molar-refractivity contribution >= 4 is 5.91 Å². The van der Waals surface area contributed by atoms with E-state index in [9.17, 15) is 4.79 Å². The number of carbonyl (C=O) groups excluding carboxylic acids is 1. The molecule has 0 saturated carbocycles. The van der Waals surface area contributed by atoms with Crippen molar-refractivity contribution in [1.82, 2.24) is 25.3 Å². The fourth-order valence-electron chi connectivity index (χ4n) is 2.44. The fourth-order valence-corrected chi connectivity index (χ4v) is 2.44. The van der Waals surface area contributed by atoms with E-state index in [0.29, 0.717) is 30.4 Å². The lowest BCUT2D eigenvalue weighted by molar-refractivity contribution is 0.0963. The minimum absolute atomic E-state index is 0.0892. The normalized spacial score (nSPS) is 10.8. The van der Waals surface area contributed by atoms with Crippen LogP contribution in [0.1, 0.15) is 21.8 Å². The van der Waals surface area contributed by atoms with Crippen molar-refractivity contribution in [2.24, 2.45) is 0 Å². The van der Waals surface area contributed by atoms with Gasteiger partial charge in [0.25, 0.3) is 5.91 Å². The first-order valence-corrected chi connectivity index (χ1v) is 7.88. The lowest BCUT2D eigenvalue weighted by atomic mass is 10.1. The summed E-state index contributed by atoms with van der Waals surface area (Å²) < 4.78 is 5.31. The van der Waals surface area contributed by atoms with Crippen LogP contribution in [0.3, 0.4) is 0 Å². The molecule has 0 bridgehead atoms. The van der Waals surface area contributed by atoms with E-state index < -0.39 is 0 Å². The van der Waals surface area contributed by atoms with Gasteiger partial charge in [0.15, 0.2) is 0 Å². The van der Waals surface area contributed by atoms with Crippen LogP contribution in [-0.4, -0.2) is 40.0 Å². The average Bonchev–Trinajstić information content (AvgIpc) is 3.10. The van der Waals surface area contributed by atoms with Gasteiger partial charge in [0.05, 0.1) is 6.54 Å². The quantitative estimate of drug-likeness (QED) is 0.742. The van der Waals surface area contributed by atoms with E-state index in [0.717, 1.165) is 11.1 Å². The summed E-state index contributed by atoms with van der Waals surface area (Å²) in [5.41, 5.74) is 2.57. The van der Waals surface area contributed by atoms with Gasteiger partial charge in [-0.05, 0) is 36.9 Å². The summed E-state index contributed by atoms with van der Waals surface area (Å²) in [7, 11) is 3.59. The van der Waals surface area contributed by atoms with Crippen LogP contribution in [-0.2, 0) is 13.1 Å². The monoisotopic (exact) mass is 337 g/mol. The molecular weight excluding hydrogens is 318 g/mol. The zero-order valence-electron chi connectivity index (χ0n) is 14.1. The summed E-state index contributed by atoms with van der Waals surface area (Å²) in [6, 6.07) is 11.2. The second kappa shape index (κ2) is 7.67. The predicted molar refractivity (Wildman–Crippen MR) is 92.5 cm³/mol. The molecule has 1 N–H and O–H groups in total. The van der Waals surface area contributed by atoms with Crippen LogP contribution < -0.4 is 5.32 Å². The number of nitrogens with one attached hydrogen (secondary N) is 1. The maximum absolute atomic E-state index is 11.6. The van der Waals surface area contributed by atoms with Crippen LogP contribution in [0, 0.1) is 0 Å². The van der Waals surface area contributed by atoms with Crippen molar-refractivity contribution in [3.63, 3.8) is 0 Å². The Morgan fingerprint density at radius 3 is 2.68 bits per heavy atom. The van der Waals surface area contributed by atoms with Gasteiger partial charge in [-0.2, -0.15) is 4.98 Å². The standard InChI is InChI=1S/C18H19N5O2/c1-19-18(24)14-7-5-13(6-8-14)11-23(2)12-16-21-17(22-25-16)15-4-3-9-20-10-15/h3-10H,11-12H2,1-2H3,(H,19,24). The zero-order valence-corrected chi connectivity index (χ0v) is 14.1. The molecule has 0 aliphatic carbocycles. The number of hydrogen-bond donors (Lipinski definition) is 1. The minimum Gasteiger partial charge on any atom is -0.355 e. The summed E-state index contributed by atoms with van der Waals surface area (Å²) in [4.78, 5) is 22.1. The van der Waals surface area contributed by atoms with Crippen molar-refractivity contribution in [3.8, 4) is 11.4 Å². The molecule has 0 fully saturated rings. The number of benzene rings is 1. The van der Waals surface area contributed by atoms with Crippen LogP contribution in [0.25, 0.3) is 11.4 Å². The van der Waals surface area contributed by atoms with Gasteiger partial charge in [-0.15, -0.1) is 0 Å². The molecule has 0 aliphatic rings. The molecule has 0 spiro atoms. The van der Waals surface area contributed by atoms with E-state index in [1.807, 2.05) is 43.4 Å². The summed E-state index contributed by atoms with van der Waals surface area (Å²) >= 11 is 0. The molecule has 1 amide bonds. The topological polar surface area (TPSA) is 84.2 Å². The van der Waals surface area contributed by atoms with Crippen LogP contribution in [0.15, 0.2) is 53.3 Å². The largest absolute Gasteiger partial charge is 0.355 e. The molecule has 25 heavy (non-hydrogen) atoms. The highest BCUT2D eigenvalue weighted by molar-refractivity contribution is 5.93. The second-order valence-electron chi connectivity index (χ2n) is 5.70. The zero-order chi connectivity index (χ0) is 17.6. The van der Waals surface area contributed by atoms with Crippen molar-refractivity contribution in [1.29, 1.82) is 0 Å². The molecule has 0 atom stereocenters. The molecule has 3 rings (SSSR count). The van der Waals surface area contributed by atoms with Gasteiger partial charge < -0.3 is 9.84 Å². The lowest BCUT2D eigenvalue weighted by Crippen LogP contribution is -2.19. The third-order valence-electron chi connectivity index (χ3n) is 3.69.